The molecule has 0 aliphatic carbocycles. The number of thiophene rings is 1. The third-order valence-electron chi connectivity index (χ3n) is 3.24. The molecule has 0 spiro atoms. The molecule has 0 aliphatic heterocycles. The SMILES string of the molecule is CC(OCc1ccccc1)C(CO)NS(=O)(=O)c1ccc(Cl)s1. The van der Waals surface area contributed by atoms with E-state index < -0.39 is 22.2 Å². The number of aliphatic hydroxyl groups excluding tert-OH is 1. The Kier molecular flexibility index (Phi) is 6.58. The number of nitrogens with one attached hydrogen (secondary N) is 1. The van der Waals surface area contributed by atoms with Crippen molar-refractivity contribution in [3.8, 4) is 0 Å². The Morgan fingerprint density at radius 3 is 2.52 bits per heavy atom. The topological polar surface area (TPSA) is 75.6 Å². The van der Waals surface area contributed by atoms with Gasteiger partial charge in [0.15, 0.2) is 0 Å². The van der Waals surface area contributed by atoms with Crippen LogP contribution in [-0.4, -0.2) is 32.3 Å². The van der Waals surface area contributed by atoms with Gasteiger partial charge in [0.2, 0.25) is 0 Å². The van der Waals surface area contributed by atoms with Crippen molar-refractivity contribution < 1.29 is 18.3 Å². The molecule has 23 heavy (non-hydrogen) atoms. The van der Waals surface area contributed by atoms with Crippen LogP contribution in [0.4, 0.5) is 0 Å². The van der Waals surface area contributed by atoms with Gasteiger partial charge in [-0.1, -0.05) is 41.9 Å². The summed E-state index contributed by atoms with van der Waals surface area (Å²) >= 11 is 6.73. The minimum atomic E-state index is -3.73. The van der Waals surface area contributed by atoms with Crippen molar-refractivity contribution >= 4 is 33.0 Å². The molecule has 0 bridgehead atoms. The molecule has 126 valence electrons. The summed E-state index contributed by atoms with van der Waals surface area (Å²) in [6.45, 7) is 1.69. The van der Waals surface area contributed by atoms with E-state index in [-0.39, 0.29) is 10.8 Å². The maximum atomic E-state index is 12.3. The molecular weight excluding hydrogens is 358 g/mol. The van der Waals surface area contributed by atoms with Crippen LogP contribution < -0.4 is 4.72 Å². The van der Waals surface area contributed by atoms with Crippen molar-refractivity contribution in [2.75, 3.05) is 6.61 Å². The van der Waals surface area contributed by atoms with Crippen LogP contribution in [0.3, 0.4) is 0 Å². The molecule has 2 N–H and O–H groups in total. The van der Waals surface area contributed by atoms with E-state index >= 15 is 0 Å². The molecule has 0 aliphatic rings. The Hall–Kier alpha value is -0.960. The zero-order valence-corrected chi connectivity index (χ0v) is 14.9. The van der Waals surface area contributed by atoms with Crippen LogP contribution in [0, 0.1) is 0 Å². The highest BCUT2D eigenvalue weighted by Crippen LogP contribution is 2.25. The minimum absolute atomic E-state index is 0.108. The fourth-order valence-corrected chi connectivity index (χ4v) is 4.69. The predicted molar refractivity (Wildman–Crippen MR) is 91.2 cm³/mol. The Morgan fingerprint density at radius 1 is 1.26 bits per heavy atom. The number of aliphatic hydroxyl groups is 1. The number of ether oxygens (including phenoxy) is 1. The molecule has 8 heteroatoms. The maximum absolute atomic E-state index is 12.3. The van der Waals surface area contributed by atoms with Crippen LogP contribution in [0.1, 0.15) is 12.5 Å². The van der Waals surface area contributed by atoms with Crippen LogP contribution in [0.5, 0.6) is 0 Å². The van der Waals surface area contributed by atoms with Gasteiger partial charge in [-0.3, -0.25) is 0 Å². The third-order valence-corrected chi connectivity index (χ3v) is 6.45. The molecule has 5 nitrogen and oxygen atoms in total. The van der Waals surface area contributed by atoms with Gasteiger partial charge in [-0.2, -0.15) is 0 Å². The molecule has 2 atom stereocenters. The molecule has 2 unspecified atom stereocenters. The molecule has 1 aromatic heterocycles. The van der Waals surface area contributed by atoms with Crippen molar-refractivity contribution in [3.05, 3.63) is 52.4 Å². The van der Waals surface area contributed by atoms with Crippen molar-refractivity contribution in [3.63, 3.8) is 0 Å². The van der Waals surface area contributed by atoms with Gasteiger partial charge in [0.1, 0.15) is 4.21 Å². The van der Waals surface area contributed by atoms with E-state index in [1.54, 1.807) is 6.92 Å². The van der Waals surface area contributed by atoms with Crippen LogP contribution in [0.25, 0.3) is 0 Å². The van der Waals surface area contributed by atoms with E-state index in [4.69, 9.17) is 16.3 Å². The van der Waals surface area contributed by atoms with Crippen LogP contribution in [-0.2, 0) is 21.4 Å². The first-order valence-electron chi connectivity index (χ1n) is 6.96. The van der Waals surface area contributed by atoms with Crippen molar-refractivity contribution in [2.45, 2.75) is 29.9 Å². The summed E-state index contributed by atoms with van der Waals surface area (Å²) in [5.41, 5.74) is 0.976. The quantitative estimate of drug-likeness (QED) is 0.743. The molecule has 1 heterocycles. The largest absolute Gasteiger partial charge is 0.395 e. The average molecular weight is 376 g/mol. The highest BCUT2D eigenvalue weighted by molar-refractivity contribution is 7.91. The van der Waals surface area contributed by atoms with Gasteiger partial charge in [-0.25, -0.2) is 13.1 Å². The number of halogens is 1. The van der Waals surface area contributed by atoms with E-state index in [0.29, 0.717) is 10.9 Å². The molecule has 0 saturated heterocycles. The van der Waals surface area contributed by atoms with Gasteiger partial charge in [0.25, 0.3) is 10.0 Å². The van der Waals surface area contributed by atoms with Gasteiger partial charge in [0, 0.05) is 0 Å². The molecule has 0 amide bonds. The van der Waals surface area contributed by atoms with E-state index in [1.807, 2.05) is 30.3 Å². The standard InChI is InChI=1S/C15H18ClNO4S2/c1-11(21-10-12-5-3-2-4-6-12)13(9-18)17-23(19,20)15-8-7-14(16)22-15/h2-8,11,13,17-18H,9-10H2,1H3. The molecule has 2 aromatic rings. The van der Waals surface area contributed by atoms with Gasteiger partial charge in [-0.05, 0) is 24.6 Å². The lowest BCUT2D eigenvalue weighted by molar-refractivity contribution is 0.0180. The summed E-state index contributed by atoms with van der Waals surface area (Å²) < 4.78 is 33.1. The molecule has 1 aromatic carbocycles. The van der Waals surface area contributed by atoms with Crippen LogP contribution >= 0.6 is 22.9 Å². The molecule has 2 rings (SSSR count). The first-order valence-corrected chi connectivity index (χ1v) is 9.64. The lowest BCUT2D eigenvalue weighted by atomic mass is 10.2. The second-order valence-corrected chi connectivity index (χ2v) is 8.63. The monoisotopic (exact) mass is 375 g/mol. The number of hydrogen-bond donors (Lipinski definition) is 2. The van der Waals surface area contributed by atoms with Crippen molar-refractivity contribution in [2.24, 2.45) is 0 Å². The van der Waals surface area contributed by atoms with Gasteiger partial charge < -0.3 is 9.84 Å². The zero-order valence-electron chi connectivity index (χ0n) is 12.5. The summed E-state index contributed by atoms with van der Waals surface area (Å²) in [5.74, 6) is 0. The van der Waals surface area contributed by atoms with Crippen LogP contribution in [0.2, 0.25) is 4.34 Å². The maximum Gasteiger partial charge on any atom is 0.250 e. The van der Waals surface area contributed by atoms with E-state index in [2.05, 4.69) is 4.72 Å². The fourth-order valence-electron chi connectivity index (χ4n) is 1.90. The van der Waals surface area contributed by atoms with Crippen LogP contribution in [0.15, 0.2) is 46.7 Å². The summed E-state index contributed by atoms with van der Waals surface area (Å²) in [4.78, 5) is 0. The summed E-state index contributed by atoms with van der Waals surface area (Å²) in [5, 5.41) is 9.48. The van der Waals surface area contributed by atoms with Crippen molar-refractivity contribution in [1.29, 1.82) is 0 Å². The predicted octanol–water partition coefficient (Wildman–Crippen LogP) is 2.65. The molecular formula is C15H18ClNO4S2. The van der Waals surface area contributed by atoms with Gasteiger partial charge in [0.05, 0.1) is 29.7 Å². The number of hydrogen-bond acceptors (Lipinski definition) is 5. The van der Waals surface area contributed by atoms with E-state index in [1.165, 1.54) is 12.1 Å². The number of sulfonamides is 1. The Morgan fingerprint density at radius 2 is 1.96 bits per heavy atom. The first kappa shape index (κ1) is 18.4. The zero-order chi connectivity index (χ0) is 16.9. The lowest BCUT2D eigenvalue weighted by Gasteiger charge is -2.23. The third kappa shape index (κ3) is 5.27. The smallest absolute Gasteiger partial charge is 0.250 e. The Bertz CT molecular complexity index is 718. The Balaban J connectivity index is 1.98. The lowest BCUT2D eigenvalue weighted by Crippen LogP contribution is -2.45. The number of rotatable bonds is 8. The van der Waals surface area contributed by atoms with Gasteiger partial charge in [-0.15, -0.1) is 11.3 Å². The second kappa shape index (κ2) is 8.23. The minimum Gasteiger partial charge on any atom is -0.395 e. The van der Waals surface area contributed by atoms with Gasteiger partial charge >= 0.3 is 0 Å². The summed E-state index contributed by atoms with van der Waals surface area (Å²) in [6.07, 6.45) is -0.495. The molecule has 0 saturated carbocycles. The van der Waals surface area contributed by atoms with E-state index in [9.17, 15) is 13.5 Å². The molecule has 0 radical (unpaired) electrons. The second-order valence-electron chi connectivity index (χ2n) is 4.97. The van der Waals surface area contributed by atoms with Crippen molar-refractivity contribution in [1.82, 2.24) is 4.72 Å². The summed E-state index contributed by atoms with van der Waals surface area (Å²) in [6, 6.07) is 11.7. The summed E-state index contributed by atoms with van der Waals surface area (Å²) in [7, 11) is -3.73. The Labute approximate surface area is 144 Å². The number of benzene rings is 1. The highest BCUT2D eigenvalue weighted by atomic mass is 35.5. The average Bonchev–Trinajstić information content (AvgIpc) is 2.99. The molecule has 0 fully saturated rings. The first-order chi connectivity index (χ1) is 10.9. The normalized spacial score (nSPS) is 14.6. The van der Waals surface area contributed by atoms with E-state index in [0.717, 1.165) is 16.9 Å². The fraction of sp³-hybridized carbons (Fsp3) is 0.333. The highest BCUT2D eigenvalue weighted by Gasteiger charge is 2.25.